The number of sulfonamides is 1. The molecule has 1 N–H and O–H groups in total. The number of aromatic nitrogens is 3. The van der Waals surface area contributed by atoms with Crippen LogP contribution < -0.4 is 5.32 Å². The average molecular weight is 537 g/mol. The molecule has 0 radical (unpaired) electrons. The number of rotatable bonds is 5. The number of amides is 1. The van der Waals surface area contributed by atoms with E-state index in [0.29, 0.717) is 37.1 Å². The van der Waals surface area contributed by atoms with E-state index in [1.807, 2.05) is 42.5 Å². The number of carbonyl (C=O) groups excluding carboxylic acids is 1. The maximum atomic E-state index is 13.7. The minimum absolute atomic E-state index is 0.112. The van der Waals surface area contributed by atoms with Gasteiger partial charge < -0.3 is 5.32 Å². The molecule has 3 heterocycles. The first kappa shape index (κ1) is 25.4. The van der Waals surface area contributed by atoms with Crippen LogP contribution in [-0.4, -0.2) is 63.4 Å². The van der Waals surface area contributed by atoms with E-state index in [1.165, 1.54) is 4.31 Å². The number of benzene rings is 2. The molecule has 1 aliphatic heterocycles. The fraction of sp³-hybridized carbons (Fsp3) is 0.308. The number of nitrogens with one attached hydrogen (secondary N) is 1. The summed E-state index contributed by atoms with van der Waals surface area (Å²) >= 11 is 0.995. The van der Waals surface area contributed by atoms with Crippen molar-refractivity contribution in [3.05, 3.63) is 84.2 Å². The molecule has 1 fully saturated rings. The van der Waals surface area contributed by atoms with Gasteiger partial charge in [-0.05, 0) is 41.8 Å². The third kappa shape index (κ3) is 5.85. The van der Waals surface area contributed by atoms with Crippen molar-refractivity contribution in [1.82, 2.24) is 28.3 Å². The number of fused-ring (bicyclic) bond motifs is 1. The summed E-state index contributed by atoms with van der Waals surface area (Å²) in [6, 6.07) is 18.8. The lowest BCUT2D eigenvalue weighted by Gasteiger charge is -2.32. The zero-order valence-corrected chi connectivity index (χ0v) is 21.9. The lowest BCUT2D eigenvalue weighted by molar-refractivity contribution is -0.122. The van der Waals surface area contributed by atoms with Crippen LogP contribution in [0.1, 0.15) is 30.0 Å². The van der Waals surface area contributed by atoms with Crippen molar-refractivity contribution >= 4 is 38.7 Å². The topological polar surface area (TPSA) is 108 Å². The predicted octanol–water partition coefficient (Wildman–Crippen LogP) is 3.23. The number of nitrogens with zero attached hydrogens (tertiary/aromatic N) is 5. The van der Waals surface area contributed by atoms with Gasteiger partial charge in [-0.3, -0.25) is 14.7 Å². The lowest BCUT2D eigenvalue weighted by Crippen LogP contribution is -2.39. The summed E-state index contributed by atoms with van der Waals surface area (Å²) in [5.41, 5.74) is 3.08. The summed E-state index contributed by atoms with van der Waals surface area (Å²) in [7, 11) is -3.84. The van der Waals surface area contributed by atoms with Crippen molar-refractivity contribution in [2.45, 2.75) is 30.3 Å². The molecule has 11 heteroatoms. The molecule has 37 heavy (non-hydrogen) atoms. The number of pyridine rings is 1. The molecule has 0 aliphatic carbocycles. The Morgan fingerprint density at radius 3 is 2.57 bits per heavy atom. The Morgan fingerprint density at radius 1 is 0.946 bits per heavy atom. The Kier molecular flexibility index (Phi) is 7.85. The monoisotopic (exact) mass is 536 g/mol. The van der Waals surface area contributed by atoms with E-state index in [1.54, 1.807) is 30.6 Å². The van der Waals surface area contributed by atoms with Gasteiger partial charge in [0.15, 0.2) is 0 Å². The van der Waals surface area contributed by atoms with Crippen LogP contribution in [0.25, 0.3) is 11.0 Å². The van der Waals surface area contributed by atoms with Crippen LogP contribution in [0.15, 0.2) is 78.0 Å². The van der Waals surface area contributed by atoms with Gasteiger partial charge in [0.2, 0.25) is 15.9 Å². The molecule has 1 unspecified atom stereocenters. The number of hydrogen-bond donors (Lipinski definition) is 1. The van der Waals surface area contributed by atoms with E-state index in [9.17, 15) is 13.2 Å². The highest BCUT2D eigenvalue weighted by Gasteiger charge is 2.30. The molecule has 192 valence electrons. The highest BCUT2D eigenvalue weighted by atomic mass is 32.2. The fourth-order valence-corrected chi connectivity index (χ4v) is 6.93. The molecule has 5 rings (SSSR count). The van der Waals surface area contributed by atoms with Gasteiger partial charge in [0, 0.05) is 57.6 Å². The smallest absolute Gasteiger partial charge is 0.245 e. The van der Waals surface area contributed by atoms with Crippen LogP contribution in [0.4, 0.5) is 0 Å². The van der Waals surface area contributed by atoms with E-state index >= 15 is 0 Å². The van der Waals surface area contributed by atoms with Crippen molar-refractivity contribution in [3.63, 3.8) is 0 Å². The van der Waals surface area contributed by atoms with Gasteiger partial charge in [-0.2, -0.15) is 13.1 Å². The van der Waals surface area contributed by atoms with Crippen LogP contribution in [0.2, 0.25) is 0 Å². The maximum absolute atomic E-state index is 13.7. The van der Waals surface area contributed by atoms with Crippen LogP contribution in [0, 0.1) is 0 Å². The van der Waals surface area contributed by atoms with Crippen molar-refractivity contribution in [1.29, 1.82) is 0 Å². The van der Waals surface area contributed by atoms with Gasteiger partial charge in [-0.15, -0.1) is 0 Å². The summed E-state index contributed by atoms with van der Waals surface area (Å²) in [5.74, 6) is -0.112. The molecule has 0 bridgehead atoms. The summed E-state index contributed by atoms with van der Waals surface area (Å²) in [6.45, 7) is 1.97. The Labute approximate surface area is 220 Å². The molecule has 4 aromatic rings. The van der Waals surface area contributed by atoms with E-state index in [4.69, 9.17) is 0 Å². The van der Waals surface area contributed by atoms with Crippen LogP contribution in [0.5, 0.6) is 0 Å². The van der Waals surface area contributed by atoms with Gasteiger partial charge in [0.05, 0.1) is 11.7 Å². The van der Waals surface area contributed by atoms with Gasteiger partial charge >= 0.3 is 0 Å². The van der Waals surface area contributed by atoms with E-state index < -0.39 is 10.0 Å². The normalized spacial score (nSPS) is 18.8. The Bertz CT molecular complexity index is 1450. The molecule has 1 amide bonds. The van der Waals surface area contributed by atoms with Crippen molar-refractivity contribution in [2.75, 3.05) is 26.2 Å². The van der Waals surface area contributed by atoms with Crippen LogP contribution >= 0.6 is 11.7 Å². The standard InChI is InChI=1S/C26H28N6O3S2/c33-25-18-23(21-6-2-1-3-7-21)31(19-20-10-12-27-13-11-20)15-5-16-32(17-14-28-25)37(34,35)24-9-4-8-22-26(24)30-36-29-22/h1-4,6-13,23H,5,14-19H2,(H,28,33). The zero-order chi connectivity index (χ0) is 25.7. The number of hydrogen-bond acceptors (Lipinski definition) is 8. The summed E-state index contributed by atoms with van der Waals surface area (Å²) in [6.07, 6.45) is 4.40. The quantitative estimate of drug-likeness (QED) is 0.417. The van der Waals surface area contributed by atoms with Crippen LogP contribution in [-0.2, 0) is 21.4 Å². The minimum Gasteiger partial charge on any atom is -0.355 e. The lowest BCUT2D eigenvalue weighted by atomic mass is 10.0. The highest BCUT2D eigenvalue weighted by molar-refractivity contribution is 7.89. The molecule has 1 atom stereocenters. The van der Waals surface area contributed by atoms with Gasteiger partial charge in [-0.1, -0.05) is 36.4 Å². The predicted molar refractivity (Wildman–Crippen MR) is 142 cm³/mol. The molecular formula is C26H28N6O3S2. The van der Waals surface area contributed by atoms with Crippen molar-refractivity contribution in [2.24, 2.45) is 0 Å². The Balaban J connectivity index is 1.44. The molecule has 1 saturated heterocycles. The third-order valence-corrected chi connectivity index (χ3v) is 9.01. The third-order valence-electron chi connectivity index (χ3n) is 6.54. The fourth-order valence-electron chi connectivity index (χ4n) is 4.70. The van der Waals surface area contributed by atoms with Gasteiger partial charge in [-0.25, -0.2) is 8.42 Å². The summed E-state index contributed by atoms with van der Waals surface area (Å²) < 4.78 is 37.3. The first-order chi connectivity index (χ1) is 18.0. The van der Waals surface area contributed by atoms with Crippen molar-refractivity contribution < 1.29 is 13.2 Å². The van der Waals surface area contributed by atoms with E-state index in [0.717, 1.165) is 22.9 Å². The molecule has 2 aromatic heterocycles. The molecule has 0 saturated carbocycles. The largest absolute Gasteiger partial charge is 0.355 e. The second kappa shape index (κ2) is 11.4. The highest BCUT2D eigenvalue weighted by Crippen LogP contribution is 2.28. The first-order valence-corrected chi connectivity index (χ1v) is 14.4. The second-order valence-electron chi connectivity index (χ2n) is 8.95. The molecule has 0 spiro atoms. The molecule has 9 nitrogen and oxygen atoms in total. The zero-order valence-electron chi connectivity index (χ0n) is 20.2. The summed E-state index contributed by atoms with van der Waals surface area (Å²) in [4.78, 5) is 19.6. The Morgan fingerprint density at radius 2 is 1.76 bits per heavy atom. The molecular weight excluding hydrogens is 508 g/mol. The summed E-state index contributed by atoms with van der Waals surface area (Å²) in [5, 5.41) is 2.94. The van der Waals surface area contributed by atoms with Gasteiger partial charge in [0.25, 0.3) is 0 Å². The van der Waals surface area contributed by atoms with E-state index in [2.05, 4.69) is 23.9 Å². The van der Waals surface area contributed by atoms with E-state index in [-0.39, 0.29) is 36.4 Å². The number of carbonyl (C=O) groups is 1. The van der Waals surface area contributed by atoms with Crippen molar-refractivity contribution in [3.8, 4) is 0 Å². The molecule has 2 aromatic carbocycles. The minimum atomic E-state index is -3.84. The average Bonchev–Trinajstić information content (AvgIpc) is 3.39. The Hall–Kier alpha value is -3.25. The maximum Gasteiger partial charge on any atom is 0.245 e. The van der Waals surface area contributed by atoms with Crippen LogP contribution in [0.3, 0.4) is 0 Å². The van der Waals surface area contributed by atoms with Gasteiger partial charge in [0.1, 0.15) is 15.9 Å². The SMILES string of the molecule is O=C1CC(c2ccccc2)N(Cc2ccncc2)CCCN(S(=O)(=O)c2cccc3nsnc23)CCN1. The second-order valence-corrected chi connectivity index (χ2v) is 11.4. The molecule has 1 aliphatic rings. The first-order valence-electron chi connectivity index (χ1n) is 12.2.